The summed E-state index contributed by atoms with van der Waals surface area (Å²) in [5.74, 6) is 1.45. The molecule has 164 valence electrons. The standard InChI is InChI=1S/C23H33N3O4/c1-18-10-13-25(14-11-18)23-20(22(24-30-23)19-8-5-4-6-9-19)16-26(12-7-15-28-2)21(27)17-29-3/h4-6,8-9,18H,7,10-17H2,1-3H3. The topological polar surface area (TPSA) is 68.0 Å². The number of hydrogen-bond donors (Lipinski definition) is 0. The number of nitrogens with zero attached hydrogens (tertiary/aromatic N) is 3. The largest absolute Gasteiger partial charge is 0.385 e. The molecule has 7 nitrogen and oxygen atoms in total. The van der Waals surface area contributed by atoms with Crippen LogP contribution in [0.5, 0.6) is 0 Å². The van der Waals surface area contributed by atoms with Crippen molar-refractivity contribution in [2.75, 3.05) is 52.0 Å². The van der Waals surface area contributed by atoms with E-state index in [9.17, 15) is 4.79 Å². The summed E-state index contributed by atoms with van der Waals surface area (Å²) in [5.41, 5.74) is 2.74. The highest BCUT2D eigenvalue weighted by Gasteiger charge is 2.28. The van der Waals surface area contributed by atoms with Crippen LogP contribution in [0.3, 0.4) is 0 Å². The minimum atomic E-state index is -0.0490. The molecular formula is C23H33N3O4. The third-order valence-corrected chi connectivity index (χ3v) is 5.63. The van der Waals surface area contributed by atoms with Gasteiger partial charge in [-0.05, 0) is 25.2 Å². The molecule has 1 aliphatic heterocycles. The second kappa shape index (κ2) is 11.1. The van der Waals surface area contributed by atoms with E-state index in [4.69, 9.17) is 14.0 Å². The van der Waals surface area contributed by atoms with Crippen molar-refractivity contribution in [2.24, 2.45) is 5.92 Å². The summed E-state index contributed by atoms with van der Waals surface area (Å²) in [4.78, 5) is 16.8. The first-order valence-corrected chi connectivity index (χ1v) is 10.7. The van der Waals surface area contributed by atoms with Crippen LogP contribution in [-0.2, 0) is 20.8 Å². The SMILES string of the molecule is COCCCN(Cc1c(-c2ccccc2)noc1N1CCC(C)CC1)C(=O)COC. The van der Waals surface area contributed by atoms with Crippen molar-refractivity contribution in [1.29, 1.82) is 0 Å². The van der Waals surface area contributed by atoms with Gasteiger partial charge in [0.15, 0.2) is 0 Å². The van der Waals surface area contributed by atoms with Gasteiger partial charge in [-0.1, -0.05) is 42.4 Å². The number of benzene rings is 1. The van der Waals surface area contributed by atoms with Crippen LogP contribution in [0.1, 0.15) is 31.7 Å². The van der Waals surface area contributed by atoms with Gasteiger partial charge in [-0.25, -0.2) is 0 Å². The maximum atomic E-state index is 12.7. The van der Waals surface area contributed by atoms with E-state index in [2.05, 4.69) is 17.0 Å². The highest BCUT2D eigenvalue weighted by atomic mass is 16.5. The molecule has 0 N–H and O–H groups in total. The van der Waals surface area contributed by atoms with Gasteiger partial charge in [0.1, 0.15) is 12.3 Å². The van der Waals surface area contributed by atoms with E-state index >= 15 is 0 Å². The van der Waals surface area contributed by atoms with Crippen molar-refractivity contribution in [3.05, 3.63) is 35.9 Å². The molecule has 0 spiro atoms. The summed E-state index contributed by atoms with van der Waals surface area (Å²) in [5, 5.41) is 4.42. The quantitative estimate of drug-likeness (QED) is 0.553. The number of carbonyl (C=O) groups is 1. The van der Waals surface area contributed by atoms with E-state index in [0.29, 0.717) is 19.7 Å². The number of ether oxygens (including phenoxy) is 2. The second-order valence-corrected chi connectivity index (χ2v) is 7.95. The predicted molar refractivity (Wildman–Crippen MR) is 116 cm³/mol. The number of aromatic nitrogens is 1. The number of amides is 1. The minimum Gasteiger partial charge on any atom is -0.385 e. The average Bonchev–Trinajstić information content (AvgIpc) is 3.18. The van der Waals surface area contributed by atoms with Crippen molar-refractivity contribution in [1.82, 2.24) is 10.1 Å². The van der Waals surface area contributed by atoms with Crippen molar-refractivity contribution in [3.8, 4) is 11.3 Å². The lowest BCUT2D eigenvalue weighted by atomic mass is 9.98. The lowest BCUT2D eigenvalue weighted by Crippen LogP contribution is -2.36. The predicted octanol–water partition coefficient (Wildman–Crippen LogP) is 3.59. The van der Waals surface area contributed by atoms with E-state index in [-0.39, 0.29) is 12.5 Å². The van der Waals surface area contributed by atoms with Crippen LogP contribution in [0.2, 0.25) is 0 Å². The van der Waals surface area contributed by atoms with Crippen molar-refractivity contribution < 1.29 is 18.8 Å². The van der Waals surface area contributed by atoms with Gasteiger partial charge < -0.3 is 23.8 Å². The molecule has 0 atom stereocenters. The van der Waals surface area contributed by atoms with E-state index in [1.165, 1.54) is 0 Å². The molecule has 0 radical (unpaired) electrons. The second-order valence-electron chi connectivity index (χ2n) is 7.95. The number of piperidine rings is 1. The zero-order valence-electron chi connectivity index (χ0n) is 18.3. The van der Waals surface area contributed by atoms with Gasteiger partial charge >= 0.3 is 0 Å². The Balaban J connectivity index is 1.92. The Morgan fingerprint density at radius 2 is 1.93 bits per heavy atom. The number of methoxy groups -OCH3 is 2. The van der Waals surface area contributed by atoms with Crippen molar-refractivity contribution >= 4 is 11.8 Å². The minimum absolute atomic E-state index is 0.0490. The Bertz CT molecular complexity index is 785. The maximum absolute atomic E-state index is 12.7. The summed E-state index contributed by atoms with van der Waals surface area (Å²) in [6.07, 6.45) is 3.01. The van der Waals surface area contributed by atoms with Crippen LogP contribution >= 0.6 is 0 Å². The maximum Gasteiger partial charge on any atom is 0.248 e. The molecule has 0 unspecified atom stereocenters. The first-order chi connectivity index (χ1) is 14.6. The Morgan fingerprint density at radius 1 is 1.20 bits per heavy atom. The first-order valence-electron chi connectivity index (χ1n) is 10.7. The molecule has 1 aliphatic rings. The fraction of sp³-hybridized carbons (Fsp3) is 0.565. The molecule has 1 saturated heterocycles. The molecular weight excluding hydrogens is 382 g/mol. The normalized spacial score (nSPS) is 14.8. The fourth-order valence-corrected chi connectivity index (χ4v) is 3.82. The summed E-state index contributed by atoms with van der Waals surface area (Å²) in [7, 11) is 3.21. The molecule has 30 heavy (non-hydrogen) atoms. The lowest BCUT2D eigenvalue weighted by Gasteiger charge is -2.31. The Labute approximate surface area is 178 Å². The van der Waals surface area contributed by atoms with E-state index in [1.807, 2.05) is 35.2 Å². The zero-order chi connectivity index (χ0) is 21.3. The van der Waals surface area contributed by atoms with Crippen LogP contribution < -0.4 is 4.90 Å². The smallest absolute Gasteiger partial charge is 0.248 e. The molecule has 3 rings (SSSR count). The van der Waals surface area contributed by atoms with E-state index < -0.39 is 0 Å². The van der Waals surface area contributed by atoms with Gasteiger partial charge in [-0.15, -0.1) is 0 Å². The molecule has 1 amide bonds. The van der Waals surface area contributed by atoms with Crippen molar-refractivity contribution in [2.45, 2.75) is 32.7 Å². The van der Waals surface area contributed by atoms with Crippen LogP contribution in [-0.4, -0.2) is 63.0 Å². The van der Waals surface area contributed by atoms with Gasteiger partial charge in [-0.3, -0.25) is 4.79 Å². The van der Waals surface area contributed by atoms with Crippen LogP contribution in [0, 0.1) is 5.92 Å². The van der Waals surface area contributed by atoms with Crippen LogP contribution in [0.4, 0.5) is 5.88 Å². The molecule has 1 aromatic carbocycles. The summed E-state index contributed by atoms with van der Waals surface area (Å²) in [6, 6.07) is 10.0. The Morgan fingerprint density at radius 3 is 2.60 bits per heavy atom. The van der Waals surface area contributed by atoms with Gasteiger partial charge in [0.25, 0.3) is 0 Å². The monoisotopic (exact) mass is 415 g/mol. The average molecular weight is 416 g/mol. The molecule has 1 aromatic heterocycles. The van der Waals surface area contributed by atoms with E-state index in [1.54, 1.807) is 14.2 Å². The number of anilines is 1. The molecule has 0 bridgehead atoms. The van der Waals surface area contributed by atoms with Gasteiger partial charge in [0.05, 0.1) is 12.1 Å². The molecule has 2 aromatic rings. The zero-order valence-corrected chi connectivity index (χ0v) is 18.3. The first kappa shape index (κ1) is 22.3. The number of hydrogen-bond acceptors (Lipinski definition) is 6. The molecule has 7 heteroatoms. The third-order valence-electron chi connectivity index (χ3n) is 5.63. The molecule has 1 fully saturated rings. The molecule has 2 heterocycles. The van der Waals surface area contributed by atoms with Crippen LogP contribution in [0.25, 0.3) is 11.3 Å². The van der Waals surface area contributed by atoms with Crippen LogP contribution in [0.15, 0.2) is 34.9 Å². The summed E-state index contributed by atoms with van der Waals surface area (Å²) >= 11 is 0. The Hall–Kier alpha value is -2.38. The highest BCUT2D eigenvalue weighted by molar-refractivity contribution is 5.78. The fourth-order valence-electron chi connectivity index (χ4n) is 3.82. The summed E-state index contributed by atoms with van der Waals surface area (Å²) < 4.78 is 16.2. The van der Waals surface area contributed by atoms with Gasteiger partial charge in [0.2, 0.25) is 11.8 Å². The summed E-state index contributed by atoms with van der Waals surface area (Å²) in [6.45, 7) is 5.83. The highest BCUT2D eigenvalue weighted by Crippen LogP contribution is 2.34. The molecule has 0 saturated carbocycles. The van der Waals surface area contributed by atoms with E-state index in [0.717, 1.165) is 61.0 Å². The Kier molecular flexibility index (Phi) is 8.28. The number of carbonyl (C=O) groups excluding carboxylic acids is 1. The van der Waals surface area contributed by atoms with Gasteiger partial charge in [0, 0.05) is 46.0 Å². The molecule has 0 aliphatic carbocycles. The third kappa shape index (κ3) is 5.61. The lowest BCUT2D eigenvalue weighted by molar-refractivity contribution is -0.135. The van der Waals surface area contributed by atoms with Crippen molar-refractivity contribution in [3.63, 3.8) is 0 Å². The number of rotatable bonds is 10. The van der Waals surface area contributed by atoms with Gasteiger partial charge in [-0.2, -0.15) is 0 Å².